The van der Waals surface area contributed by atoms with E-state index in [1.54, 1.807) is 7.11 Å². The second kappa shape index (κ2) is 6.88. The van der Waals surface area contributed by atoms with Crippen molar-refractivity contribution in [2.75, 3.05) is 13.7 Å². The Morgan fingerprint density at radius 3 is 2.56 bits per heavy atom. The number of hydrogen-bond donors (Lipinski definition) is 2. The maximum absolute atomic E-state index is 9.46. The third kappa shape index (κ3) is 4.09. The molecule has 3 heteroatoms. The summed E-state index contributed by atoms with van der Waals surface area (Å²) in [4.78, 5) is 0. The lowest BCUT2D eigenvalue weighted by Gasteiger charge is -2.11. The predicted molar refractivity (Wildman–Crippen MR) is 72.2 cm³/mol. The topological polar surface area (TPSA) is 41.5 Å². The Bertz CT molecular complexity index is 350. The van der Waals surface area contributed by atoms with Gasteiger partial charge < -0.3 is 15.2 Å². The molecule has 18 heavy (non-hydrogen) atoms. The highest BCUT2D eigenvalue weighted by Crippen LogP contribution is 2.24. The Labute approximate surface area is 109 Å². The lowest BCUT2D eigenvalue weighted by molar-refractivity contribution is 0.177. The van der Waals surface area contributed by atoms with Gasteiger partial charge in [0.1, 0.15) is 0 Å². The van der Waals surface area contributed by atoms with E-state index in [1.807, 2.05) is 0 Å². The van der Waals surface area contributed by atoms with Gasteiger partial charge in [-0.05, 0) is 42.9 Å². The number of ether oxygens (including phenoxy) is 1. The Kier molecular flexibility index (Phi) is 5.17. The third-order valence-electron chi connectivity index (χ3n) is 3.61. The molecule has 100 valence electrons. The summed E-state index contributed by atoms with van der Waals surface area (Å²) in [5, 5.41) is 12.9. The van der Waals surface area contributed by atoms with Gasteiger partial charge in [0.25, 0.3) is 0 Å². The monoisotopic (exact) mass is 249 g/mol. The van der Waals surface area contributed by atoms with Crippen LogP contribution in [0.4, 0.5) is 0 Å². The molecule has 1 aromatic rings. The largest absolute Gasteiger partial charge is 0.393 e. The molecule has 0 heterocycles. The van der Waals surface area contributed by atoms with Crippen LogP contribution in [0.5, 0.6) is 0 Å². The minimum absolute atomic E-state index is 0.0647. The SMILES string of the molecule is COCc1ccc(CNCC2CCC(O)C2)cc1. The fourth-order valence-electron chi connectivity index (χ4n) is 2.57. The van der Waals surface area contributed by atoms with E-state index in [9.17, 15) is 5.11 Å². The average molecular weight is 249 g/mol. The van der Waals surface area contributed by atoms with Gasteiger partial charge in [0.05, 0.1) is 12.7 Å². The van der Waals surface area contributed by atoms with Crippen molar-refractivity contribution >= 4 is 0 Å². The van der Waals surface area contributed by atoms with Crippen LogP contribution >= 0.6 is 0 Å². The molecule has 1 fully saturated rings. The molecular weight excluding hydrogens is 226 g/mol. The molecular formula is C15H23NO2. The van der Waals surface area contributed by atoms with Crippen molar-refractivity contribution in [2.24, 2.45) is 5.92 Å². The fourth-order valence-corrected chi connectivity index (χ4v) is 2.57. The number of aliphatic hydroxyl groups excluding tert-OH is 1. The first-order valence-corrected chi connectivity index (χ1v) is 6.73. The van der Waals surface area contributed by atoms with Gasteiger partial charge in [0.15, 0.2) is 0 Å². The van der Waals surface area contributed by atoms with Gasteiger partial charge in [-0.15, -0.1) is 0 Å². The second-order valence-electron chi connectivity index (χ2n) is 5.21. The van der Waals surface area contributed by atoms with Crippen molar-refractivity contribution in [1.82, 2.24) is 5.32 Å². The minimum Gasteiger partial charge on any atom is -0.393 e. The highest BCUT2D eigenvalue weighted by atomic mass is 16.5. The lowest BCUT2D eigenvalue weighted by atomic mass is 10.1. The minimum atomic E-state index is -0.0647. The van der Waals surface area contributed by atoms with Crippen molar-refractivity contribution in [3.8, 4) is 0 Å². The maximum Gasteiger partial charge on any atom is 0.0713 e. The molecule has 0 aromatic heterocycles. The molecule has 2 atom stereocenters. The molecule has 0 amide bonds. The predicted octanol–water partition coefficient (Wildman–Crippen LogP) is 2.08. The van der Waals surface area contributed by atoms with Gasteiger partial charge in [0.2, 0.25) is 0 Å². The number of methoxy groups -OCH3 is 1. The Hall–Kier alpha value is -0.900. The zero-order valence-corrected chi connectivity index (χ0v) is 11.1. The van der Waals surface area contributed by atoms with Crippen LogP contribution in [0.2, 0.25) is 0 Å². The van der Waals surface area contributed by atoms with E-state index in [2.05, 4.69) is 29.6 Å². The van der Waals surface area contributed by atoms with Gasteiger partial charge >= 0.3 is 0 Å². The number of aliphatic hydroxyl groups is 1. The number of nitrogens with one attached hydrogen (secondary N) is 1. The third-order valence-corrected chi connectivity index (χ3v) is 3.61. The molecule has 0 bridgehead atoms. The van der Waals surface area contributed by atoms with Crippen LogP contribution in [-0.4, -0.2) is 24.9 Å². The van der Waals surface area contributed by atoms with Crippen molar-refractivity contribution in [2.45, 2.75) is 38.5 Å². The normalized spacial score (nSPS) is 23.4. The molecule has 2 unspecified atom stereocenters. The summed E-state index contributed by atoms with van der Waals surface area (Å²) in [6, 6.07) is 8.51. The van der Waals surface area contributed by atoms with Crippen LogP contribution in [0.15, 0.2) is 24.3 Å². The second-order valence-corrected chi connectivity index (χ2v) is 5.21. The van der Waals surface area contributed by atoms with Crippen molar-refractivity contribution in [3.05, 3.63) is 35.4 Å². The van der Waals surface area contributed by atoms with Gasteiger partial charge in [-0.2, -0.15) is 0 Å². The molecule has 2 rings (SSSR count). The Morgan fingerprint density at radius 2 is 1.94 bits per heavy atom. The van der Waals surface area contributed by atoms with Crippen LogP contribution in [-0.2, 0) is 17.9 Å². The van der Waals surface area contributed by atoms with Crippen molar-refractivity contribution < 1.29 is 9.84 Å². The Balaban J connectivity index is 1.69. The standard InChI is InChI=1S/C15H23NO2/c1-18-11-13-4-2-12(3-5-13)9-16-10-14-6-7-15(17)8-14/h2-5,14-17H,6-11H2,1H3. The molecule has 1 saturated carbocycles. The number of hydrogen-bond acceptors (Lipinski definition) is 3. The van der Waals surface area contributed by atoms with Crippen LogP contribution in [0.25, 0.3) is 0 Å². The average Bonchev–Trinajstić information content (AvgIpc) is 2.78. The van der Waals surface area contributed by atoms with Crippen LogP contribution in [0.3, 0.4) is 0 Å². The van der Waals surface area contributed by atoms with Crippen LogP contribution in [0.1, 0.15) is 30.4 Å². The van der Waals surface area contributed by atoms with Gasteiger partial charge in [0, 0.05) is 13.7 Å². The van der Waals surface area contributed by atoms with Crippen LogP contribution in [0, 0.1) is 5.92 Å². The molecule has 3 nitrogen and oxygen atoms in total. The molecule has 1 aliphatic rings. The first-order chi connectivity index (χ1) is 8.78. The van der Waals surface area contributed by atoms with E-state index in [1.165, 1.54) is 11.1 Å². The number of rotatable bonds is 6. The van der Waals surface area contributed by atoms with E-state index in [0.29, 0.717) is 12.5 Å². The van der Waals surface area contributed by atoms with Gasteiger partial charge in [-0.3, -0.25) is 0 Å². The first-order valence-electron chi connectivity index (χ1n) is 6.73. The fraction of sp³-hybridized carbons (Fsp3) is 0.600. The molecule has 1 aromatic carbocycles. The summed E-state index contributed by atoms with van der Waals surface area (Å²) in [5.74, 6) is 0.646. The van der Waals surface area contributed by atoms with E-state index < -0.39 is 0 Å². The highest BCUT2D eigenvalue weighted by Gasteiger charge is 2.21. The molecule has 1 aliphatic carbocycles. The molecule has 2 N–H and O–H groups in total. The first kappa shape index (κ1) is 13.5. The maximum atomic E-state index is 9.46. The van der Waals surface area contributed by atoms with Gasteiger partial charge in [-0.25, -0.2) is 0 Å². The molecule has 0 spiro atoms. The Morgan fingerprint density at radius 1 is 1.22 bits per heavy atom. The molecule has 0 saturated heterocycles. The van der Waals surface area contributed by atoms with Crippen molar-refractivity contribution in [3.63, 3.8) is 0 Å². The smallest absolute Gasteiger partial charge is 0.0713 e. The summed E-state index contributed by atoms with van der Waals surface area (Å²) >= 11 is 0. The zero-order chi connectivity index (χ0) is 12.8. The summed E-state index contributed by atoms with van der Waals surface area (Å²) < 4.78 is 5.09. The summed E-state index contributed by atoms with van der Waals surface area (Å²) in [7, 11) is 1.71. The lowest BCUT2D eigenvalue weighted by Crippen LogP contribution is -2.21. The van der Waals surface area contributed by atoms with Crippen LogP contribution < -0.4 is 5.32 Å². The van der Waals surface area contributed by atoms with E-state index >= 15 is 0 Å². The van der Waals surface area contributed by atoms with Gasteiger partial charge in [-0.1, -0.05) is 24.3 Å². The summed E-state index contributed by atoms with van der Waals surface area (Å²) in [5.41, 5.74) is 2.51. The summed E-state index contributed by atoms with van der Waals surface area (Å²) in [6.07, 6.45) is 3.02. The molecule has 0 aliphatic heterocycles. The summed E-state index contributed by atoms with van der Waals surface area (Å²) in [6.45, 7) is 2.59. The van der Waals surface area contributed by atoms with Crippen molar-refractivity contribution in [1.29, 1.82) is 0 Å². The zero-order valence-electron chi connectivity index (χ0n) is 11.1. The van der Waals surface area contributed by atoms with E-state index in [-0.39, 0.29) is 6.10 Å². The van der Waals surface area contributed by atoms with E-state index in [0.717, 1.165) is 32.4 Å². The van der Waals surface area contributed by atoms with E-state index in [4.69, 9.17) is 4.74 Å². The quantitative estimate of drug-likeness (QED) is 0.811. The molecule has 0 radical (unpaired) electrons. The highest BCUT2D eigenvalue weighted by molar-refractivity contribution is 5.21. The number of benzene rings is 1.